The van der Waals surface area contributed by atoms with Gasteiger partial charge >= 0.3 is 0 Å². The molecule has 8 heteroatoms. The number of nitrogens with one attached hydrogen (secondary N) is 1. The SMILES string of the molecule is COc1ccc(Oc2ccc(N3C(=S)NC(c4ccccn4)C3c3cccn3-c3ccc(Cl)c(C)c3)cc2)cc1. The van der Waals surface area contributed by atoms with E-state index < -0.39 is 0 Å². The third-order valence-electron chi connectivity index (χ3n) is 7.01. The van der Waals surface area contributed by atoms with Crippen LogP contribution in [0, 0.1) is 6.92 Å². The number of anilines is 1. The first kappa shape index (κ1) is 25.9. The van der Waals surface area contributed by atoms with Gasteiger partial charge in [0.25, 0.3) is 0 Å². The minimum atomic E-state index is -0.165. The molecule has 0 saturated carbocycles. The normalized spacial score (nSPS) is 16.6. The van der Waals surface area contributed by atoms with Crippen LogP contribution in [0.1, 0.15) is 29.0 Å². The Morgan fingerprint density at radius 2 is 1.55 bits per heavy atom. The standard InChI is InChI=1S/C32H27ClN4O2S/c1-21-20-23(10-17-27(21)33)36-19-5-7-29(36)31-30(28-6-3-4-18-34-28)35-32(40)37(31)22-8-11-25(12-9-22)39-26-15-13-24(38-2)14-16-26/h3-20,30-31H,1-2H3,(H,35,40). The molecule has 0 aliphatic carbocycles. The Balaban J connectivity index is 1.37. The molecular weight excluding hydrogens is 540 g/mol. The van der Waals surface area contributed by atoms with Crippen molar-refractivity contribution in [3.63, 3.8) is 0 Å². The van der Waals surface area contributed by atoms with Crippen molar-refractivity contribution in [3.8, 4) is 22.9 Å². The second-order valence-corrected chi connectivity index (χ2v) is 10.3. The van der Waals surface area contributed by atoms with Gasteiger partial charge in [0.05, 0.1) is 18.8 Å². The van der Waals surface area contributed by atoms with Gasteiger partial charge in [0.2, 0.25) is 0 Å². The molecule has 1 fully saturated rings. The summed E-state index contributed by atoms with van der Waals surface area (Å²) in [6, 6.07) is 31.3. The molecule has 200 valence electrons. The quantitative estimate of drug-likeness (QED) is 0.203. The maximum Gasteiger partial charge on any atom is 0.174 e. The van der Waals surface area contributed by atoms with Crippen molar-refractivity contribution in [1.29, 1.82) is 0 Å². The molecule has 0 spiro atoms. The minimum absolute atomic E-state index is 0.161. The van der Waals surface area contributed by atoms with Gasteiger partial charge < -0.3 is 24.3 Å². The third-order valence-corrected chi connectivity index (χ3v) is 7.75. The Hall–Kier alpha value is -4.33. The van der Waals surface area contributed by atoms with Crippen LogP contribution in [0.2, 0.25) is 5.02 Å². The zero-order chi connectivity index (χ0) is 27.6. The smallest absolute Gasteiger partial charge is 0.174 e. The molecule has 1 saturated heterocycles. The number of methoxy groups -OCH3 is 1. The summed E-state index contributed by atoms with van der Waals surface area (Å²) in [4.78, 5) is 6.83. The van der Waals surface area contributed by atoms with E-state index in [9.17, 15) is 0 Å². The zero-order valence-corrected chi connectivity index (χ0v) is 23.6. The molecule has 0 bridgehead atoms. The lowest BCUT2D eigenvalue weighted by Crippen LogP contribution is -2.30. The summed E-state index contributed by atoms with van der Waals surface area (Å²) >= 11 is 12.3. The van der Waals surface area contributed by atoms with Crippen molar-refractivity contribution in [2.75, 3.05) is 12.0 Å². The van der Waals surface area contributed by atoms with Crippen LogP contribution in [0.4, 0.5) is 5.69 Å². The predicted octanol–water partition coefficient (Wildman–Crippen LogP) is 7.81. The number of hydrogen-bond donors (Lipinski definition) is 1. The van der Waals surface area contributed by atoms with Gasteiger partial charge in [-0.3, -0.25) is 4.98 Å². The number of thiocarbonyl (C=S) groups is 1. The lowest BCUT2D eigenvalue weighted by atomic mass is 10.0. The summed E-state index contributed by atoms with van der Waals surface area (Å²) in [6.45, 7) is 2.01. The van der Waals surface area contributed by atoms with Gasteiger partial charge in [0, 0.05) is 34.5 Å². The van der Waals surface area contributed by atoms with E-state index in [-0.39, 0.29) is 12.1 Å². The Kier molecular flexibility index (Phi) is 7.15. The lowest BCUT2D eigenvalue weighted by molar-refractivity contribution is 0.413. The van der Waals surface area contributed by atoms with Gasteiger partial charge in [-0.1, -0.05) is 17.7 Å². The first-order valence-electron chi connectivity index (χ1n) is 12.9. The Bertz CT molecular complexity index is 1640. The maximum absolute atomic E-state index is 6.34. The number of rotatable bonds is 7. The molecule has 1 N–H and O–H groups in total. The molecule has 2 aromatic heterocycles. The third kappa shape index (κ3) is 5.01. The zero-order valence-electron chi connectivity index (χ0n) is 22.0. The fraction of sp³-hybridized carbons (Fsp3) is 0.125. The number of ether oxygens (including phenoxy) is 2. The van der Waals surface area contributed by atoms with E-state index in [4.69, 9.17) is 33.3 Å². The highest BCUT2D eigenvalue weighted by atomic mass is 35.5. The number of benzene rings is 3. The van der Waals surface area contributed by atoms with Gasteiger partial charge in [-0.05, 0) is 116 Å². The predicted molar refractivity (Wildman–Crippen MR) is 163 cm³/mol. The van der Waals surface area contributed by atoms with Crippen LogP contribution in [-0.4, -0.2) is 21.8 Å². The number of aromatic nitrogens is 2. The summed E-state index contributed by atoms with van der Waals surface area (Å²) in [5.74, 6) is 2.24. The van der Waals surface area contributed by atoms with Crippen LogP contribution in [0.3, 0.4) is 0 Å². The van der Waals surface area contributed by atoms with Crippen molar-refractivity contribution in [2.45, 2.75) is 19.0 Å². The van der Waals surface area contributed by atoms with Gasteiger partial charge in [-0.15, -0.1) is 0 Å². The molecule has 1 aliphatic rings. The number of nitrogens with zero attached hydrogens (tertiary/aromatic N) is 3. The molecule has 3 heterocycles. The van der Waals surface area contributed by atoms with Crippen molar-refractivity contribution in [3.05, 3.63) is 131 Å². The van der Waals surface area contributed by atoms with Crippen molar-refractivity contribution in [2.24, 2.45) is 0 Å². The highest BCUT2D eigenvalue weighted by Gasteiger charge is 2.42. The van der Waals surface area contributed by atoms with Crippen LogP contribution < -0.4 is 19.7 Å². The summed E-state index contributed by atoms with van der Waals surface area (Å²) in [5, 5.41) is 4.91. The highest BCUT2D eigenvalue weighted by Crippen LogP contribution is 2.43. The van der Waals surface area contributed by atoms with Crippen molar-refractivity contribution in [1.82, 2.24) is 14.9 Å². The first-order chi connectivity index (χ1) is 19.5. The summed E-state index contributed by atoms with van der Waals surface area (Å²) in [5.41, 5.74) is 4.98. The van der Waals surface area contributed by atoms with Crippen LogP contribution in [-0.2, 0) is 0 Å². The number of halogens is 1. The van der Waals surface area contributed by atoms with E-state index in [0.717, 1.165) is 50.6 Å². The van der Waals surface area contributed by atoms with E-state index in [2.05, 4.69) is 44.2 Å². The van der Waals surface area contributed by atoms with Crippen LogP contribution in [0.5, 0.6) is 17.2 Å². The molecule has 1 aliphatic heterocycles. The molecule has 2 unspecified atom stereocenters. The average Bonchev–Trinajstić information content (AvgIpc) is 3.60. The Labute approximate surface area is 243 Å². The van der Waals surface area contributed by atoms with Crippen LogP contribution >= 0.6 is 23.8 Å². The molecule has 3 aromatic carbocycles. The molecule has 0 radical (unpaired) electrons. The Morgan fingerprint density at radius 3 is 2.23 bits per heavy atom. The summed E-state index contributed by atoms with van der Waals surface area (Å²) in [6.07, 6.45) is 3.88. The molecule has 6 rings (SSSR count). The number of aryl methyl sites for hydroxylation is 1. The van der Waals surface area contributed by atoms with Crippen LogP contribution in [0.15, 0.2) is 109 Å². The monoisotopic (exact) mass is 566 g/mol. The Morgan fingerprint density at radius 1 is 0.850 bits per heavy atom. The van der Waals surface area contributed by atoms with Crippen molar-refractivity contribution < 1.29 is 9.47 Å². The second-order valence-electron chi connectivity index (χ2n) is 9.50. The van der Waals surface area contributed by atoms with Gasteiger partial charge in [0.1, 0.15) is 23.3 Å². The molecule has 0 amide bonds. The summed E-state index contributed by atoms with van der Waals surface area (Å²) in [7, 11) is 1.64. The average molecular weight is 567 g/mol. The van der Waals surface area contributed by atoms with Gasteiger partial charge in [-0.2, -0.15) is 0 Å². The second kappa shape index (κ2) is 11.0. The van der Waals surface area contributed by atoms with Gasteiger partial charge in [-0.25, -0.2) is 0 Å². The topological polar surface area (TPSA) is 51.6 Å². The van der Waals surface area contributed by atoms with E-state index in [1.807, 2.05) is 92.0 Å². The fourth-order valence-corrected chi connectivity index (χ4v) is 5.50. The lowest BCUT2D eigenvalue weighted by Gasteiger charge is -2.29. The number of hydrogen-bond acceptors (Lipinski definition) is 4. The van der Waals surface area contributed by atoms with E-state index >= 15 is 0 Å². The molecule has 2 atom stereocenters. The molecular formula is C32H27ClN4O2S. The van der Waals surface area contributed by atoms with Gasteiger partial charge in [0.15, 0.2) is 5.11 Å². The molecule has 40 heavy (non-hydrogen) atoms. The number of pyridine rings is 1. The maximum atomic E-state index is 6.34. The fourth-order valence-electron chi connectivity index (χ4n) is 5.04. The van der Waals surface area contributed by atoms with Crippen LogP contribution in [0.25, 0.3) is 5.69 Å². The van der Waals surface area contributed by atoms with E-state index in [0.29, 0.717) is 5.11 Å². The molecule has 5 aromatic rings. The first-order valence-corrected chi connectivity index (χ1v) is 13.7. The molecule has 6 nitrogen and oxygen atoms in total. The minimum Gasteiger partial charge on any atom is -0.497 e. The van der Waals surface area contributed by atoms with E-state index in [1.54, 1.807) is 7.11 Å². The summed E-state index contributed by atoms with van der Waals surface area (Å²) < 4.78 is 13.5. The van der Waals surface area contributed by atoms with E-state index in [1.165, 1.54) is 0 Å². The highest BCUT2D eigenvalue weighted by molar-refractivity contribution is 7.80. The largest absolute Gasteiger partial charge is 0.497 e. The van der Waals surface area contributed by atoms with Crippen molar-refractivity contribution >= 4 is 34.6 Å².